The van der Waals surface area contributed by atoms with Crippen LogP contribution in [-0.4, -0.2) is 53.8 Å². The van der Waals surface area contributed by atoms with Gasteiger partial charge in [-0.2, -0.15) is 0 Å². The topological polar surface area (TPSA) is 88.3 Å². The standard InChI is InChI=1S/C12H22N6O/c1-9(8-18-3-5-19-6-4-18)14-11-7-12(17-13)16-10(2)15-11/h7,9H,3-6,8,13H2,1-2H3,(H2,14,15,16,17). The summed E-state index contributed by atoms with van der Waals surface area (Å²) < 4.78 is 5.34. The number of hydrazine groups is 1. The lowest BCUT2D eigenvalue weighted by molar-refractivity contribution is 0.0368. The Morgan fingerprint density at radius 2 is 2.05 bits per heavy atom. The van der Waals surface area contributed by atoms with Crippen molar-refractivity contribution >= 4 is 11.6 Å². The second-order valence-corrected chi connectivity index (χ2v) is 4.79. The fourth-order valence-corrected chi connectivity index (χ4v) is 2.18. The summed E-state index contributed by atoms with van der Waals surface area (Å²) in [5.74, 6) is 7.48. The highest BCUT2D eigenvalue weighted by atomic mass is 16.5. The second-order valence-electron chi connectivity index (χ2n) is 4.79. The maximum atomic E-state index is 5.38. The third kappa shape index (κ3) is 4.30. The van der Waals surface area contributed by atoms with Gasteiger partial charge >= 0.3 is 0 Å². The van der Waals surface area contributed by atoms with E-state index in [1.54, 1.807) is 0 Å². The Kier molecular flexibility index (Phi) is 4.89. The molecule has 0 aliphatic carbocycles. The molecule has 1 saturated heterocycles. The van der Waals surface area contributed by atoms with Gasteiger partial charge in [0.25, 0.3) is 0 Å². The van der Waals surface area contributed by atoms with E-state index in [-0.39, 0.29) is 0 Å². The molecule has 1 fully saturated rings. The lowest BCUT2D eigenvalue weighted by Gasteiger charge is -2.29. The average Bonchev–Trinajstić information content (AvgIpc) is 2.38. The molecule has 19 heavy (non-hydrogen) atoms. The molecular weight excluding hydrogens is 244 g/mol. The number of hydrogen-bond donors (Lipinski definition) is 3. The van der Waals surface area contributed by atoms with Gasteiger partial charge in [0, 0.05) is 31.7 Å². The number of nitrogens with two attached hydrogens (primary N) is 1. The molecule has 106 valence electrons. The molecule has 4 N–H and O–H groups in total. The Morgan fingerprint density at radius 1 is 1.37 bits per heavy atom. The number of hydrogen-bond acceptors (Lipinski definition) is 7. The molecule has 1 aromatic rings. The molecule has 0 bridgehead atoms. The van der Waals surface area contributed by atoms with Gasteiger partial charge in [-0.15, -0.1) is 0 Å². The van der Waals surface area contributed by atoms with Crippen LogP contribution in [0.15, 0.2) is 6.07 Å². The van der Waals surface area contributed by atoms with Gasteiger partial charge in [-0.1, -0.05) is 0 Å². The highest BCUT2D eigenvalue weighted by Crippen LogP contribution is 2.11. The molecule has 7 heteroatoms. The lowest BCUT2D eigenvalue weighted by atomic mass is 10.3. The SMILES string of the molecule is Cc1nc(NN)cc(NC(C)CN2CCOCC2)n1. The molecule has 0 spiro atoms. The number of anilines is 2. The first-order valence-electron chi connectivity index (χ1n) is 6.56. The molecule has 7 nitrogen and oxygen atoms in total. The molecule has 1 atom stereocenters. The van der Waals surface area contributed by atoms with Gasteiger partial charge in [0.15, 0.2) is 0 Å². The van der Waals surface area contributed by atoms with E-state index in [2.05, 4.69) is 32.5 Å². The maximum absolute atomic E-state index is 5.38. The van der Waals surface area contributed by atoms with E-state index in [0.717, 1.165) is 38.7 Å². The van der Waals surface area contributed by atoms with Crippen molar-refractivity contribution in [2.45, 2.75) is 19.9 Å². The van der Waals surface area contributed by atoms with Crippen molar-refractivity contribution in [3.8, 4) is 0 Å². The van der Waals surface area contributed by atoms with Gasteiger partial charge in [0.05, 0.1) is 13.2 Å². The molecule has 0 saturated carbocycles. The third-order valence-electron chi connectivity index (χ3n) is 3.02. The monoisotopic (exact) mass is 266 g/mol. The van der Waals surface area contributed by atoms with Crippen LogP contribution in [0.2, 0.25) is 0 Å². The van der Waals surface area contributed by atoms with E-state index in [9.17, 15) is 0 Å². The molecule has 1 aliphatic heterocycles. The van der Waals surface area contributed by atoms with Crippen LogP contribution in [-0.2, 0) is 4.74 Å². The molecule has 2 rings (SSSR count). The van der Waals surface area contributed by atoms with E-state index >= 15 is 0 Å². The summed E-state index contributed by atoms with van der Waals surface area (Å²) >= 11 is 0. The maximum Gasteiger partial charge on any atom is 0.145 e. The van der Waals surface area contributed by atoms with Gasteiger partial charge in [-0.3, -0.25) is 4.90 Å². The average molecular weight is 266 g/mol. The smallest absolute Gasteiger partial charge is 0.145 e. The van der Waals surface area contributed by atoms with Gasteiger partial charge < -0.3 is 15.5 Å². The summed E-state index contributed by atoms with van der Waals surface area (Å²) in [6.45, 7) is 8.58. The second kappa shape index (κ2) is 6.65. The normalized spacial score (nSPS) is 18.1. The zero-order valence-corrected chi connectivity index (χ0v) is 11.5. The lowest BCUT2D eigenvalue weighted by Crippen LogP contribution is -2.42. The molecule has 1 unspecified atom stereocenters. The fraction of sp³-hybridized carbons (Fsp3) is 0.667. The third-order valence-corrected chi connectivity index (χ3v) is 3.02. The van der Waals surface area contributed by atoms with E-state index in [1.807, 2.05) is 13.0 Å². The number of aromatic nitrogens is 2. The summed E-state index contributed by atoms with van der Waals surface area (Å²) in [6, 6.07) is 2.11. The van der Waals surface area contributed by atoms with Crippen LogP contribution in [0.5, 0.6) is 0 Å². The highest BCUT2D eigenvalue weighted by Gasteiger charge is 2.14. The first kappa shape index (κ1) is 14.0. The van der Waals surface area contributed by atoms with E-state index in [1.165, 1.54) is 0 Å². The Bertz CT molecular complexity index is 407. The summed E-state index contributed by atoms with van der Waals surface area (Å²) in [6.07, 6.45) is 0. The van der Waals surface area contributed by atoms with Gasteiger partial charge in [0.2, 0.25) is 0 Å². The van der Waals surface area contributed by atoms with Gasteiger partial charge in [-0.05, 0) is 13.8 Å². The Labute approximate surface area is 113 Å². The summed E-state index contributed by atoms with van der Waals surface area (Å²) in [4.78, 5) is 10.9. The first-order chi connectivity index (χ1) is 9.17. The van der Waals surface area contributed by atoms with Crippen molar-refractivity contribution in [3.05, 3.63) is 11.9 Å². The molecule has 0 aromatic carbocycles. The molecular formula is C12H22N6O. The van der Waals surface area contributed by atoms with Crippen molar-refractivity contribution in [2.24, 2.45) is 5.84 Å². The van der Waals surface area contributed by atoms with Gasteiger partial charge in [0.1, 0.15) is 17.5 Å². The predicted molar refractivity (Wildman–Crippen MR) is 74.9 cm³/mol. The van der Waals surface area contributed by atoms with Crippen LogP contribution in [0.1, 0.15) is 12.7 Å². The van der Waals surface area contributed by atoms with Crippen LogP contribution in [0.3, 0.4) is 0 Å². The molecule has 2 heterocycles. The van der Waals surface area contributed by atoms with Crippen molar-refractivity contribution in [1.29, 1.82) is 0 Å². The Morgan fingerprint density at radius 3 is 2.74 bits per heavy atom. The number of nitrogens with one attached hydrogen (secondary N) is 2. The van der Waals surface area contributed by atoms with Crippen LogP contribution < -0.4 is 16.6 Å². The molecule has 0 radical (unpaired) electrons. The zero-order chi connectivity index (χ0) is 13.7. The van der Waals surface area contributed by atoms with Crippen LogP contribution >= 0.6 is 0 Å². The summed E-state index contributed by atoms with van der Waals surface area (Å²) in [7, 11) is 0. The zero-order valence-electron chi connectivity index (χ0n) is 11.5. The summed E-state index contributed by atoms with van der Waals surface area (Å²) in [5.41, 5.74) is 2.54. The van der Waals surface area contributed by atoms with Crippen molar-refractivity contribution in [3.63, 3.8) is 0 Å². The quantitative estimate of drug-likeness (QED) is 0.518. The number of nitrogens with zero attached hydrogens (tertiary/aromatic N) is 3. The van der Waals surface area contributed by atoms with Gasteiger partial charge in [-0.25, -0.2) is 15.8 Å². The van der Waals surface area contributed by atoms with E-state index in [0.29, 0.717) is 17.7 Å². The van der Waals surface area contributed by atoms with Crippen LogP contribution in [0.4, 0.5) is 11.6 Å². The number of rotatable bonds is 5. The number of ether oxygens (including phenoxy) is 1. The van der Waals surface area contributed by atoms with Crippen molar-refractivity contribution in [1.82, 2.24) is 14.9 Å². The van der Waals surface area contributed by atoms with Crippen molar-refractivity contribution in [2.75, 3.05) is 43.6 Å². The highest BCUT2D eigenvalue weighted by molar-refractivity contribution is 5.47. The van der Waals surface area contributed by atoms with Crippen LogP contribution in [0.25, 0.3) is 0 Å². The van der Waals surface area contributed by atoms with E-state index in [4.69, 9.17) is 10.6 Å². The first-order valence-corrected chi connectivity index (χ1v) is 6.56. The number of morpholine rings is 1. The van der Waals surface area contributed by atoms with E-state index < -0.39 is 0 Å². The number of nitrogen functional groups attached to an aromatic ring is 1. The van der Waals surface area contributed by atoms with Crippen molar-refractivity contribution < 1.29 is 4.74 Å². The minimum Gasteiger partial charge on any atom is -0.379 e. The Balaban J connectivity index is 1.90. The molecule has 1 aromatic heterocycles. The fourth-order valence-electron chi connectivity index (χ4n) is 2.18. The molecule has 0 amide bonds. The molecule has 1 aliphatic rings. The Hall–Kier alpha value is -1.44. The van der Waals surface area contributed by atoms with Crippen LogP contribution in [0, 0.1) is 6.92 Å². The largest absolute Gasteiger partial charge is 0.379 e. The number of aryl methyl sites for hydroxylation is 1. The minimum atomic E-state index is 0.304. The minimum absolute atomic E-state index is 0.304. The predicted octanol–water partition coefficient (Wildman–Crippen LogP) is 0.203. The summed E-state index contributed by atoms with van der Waals surface area (Å²) in [5, 5.41) is 3.38.